The maximum absolute atomic E-state index is 6.29. The third kappa shape index (κ3) is 3.29. The van der Waals surface area contributed by atoms with Gasteiger partial charge >= 0.3 is 0 Å². The van der Waals surface area contributed by atoms with E-state index < -0.39 is 0 Å². The SMILES string of the molecule is CNC(c1cc(OC)c(OC)cc1C)c1cc(Cl)sc1Cl. The van der Waals surface area contributed by atoms with Crippen LogP contribution in [0.2, 0.25) is 8.67 Å². The van der Waals surface area contributed by atoms with Crippen LogP contribution in [0.4, 0.5) is 0 Å². The molecule has 2 rings (SSSR count). The molecule has 0 saturated carbocycles. The van der Waals surface area contributed by atoms with E-state index in [1.165, 1.54) is 11.3 Å². The van der Waals surface area contributed by atoms with Gasteiger partial charge in [-0.15, -0.1) is 11.3 Å². The molecule has 1 N–H and O–H groups in total. The minimum absolute atomic E-state index is 0.0546. The second kappa shape index (κ2) is 6.88. The van der Waals surface area contributed by atoms with E-state index >= 15 is 0 Å². The lowest BCUT2D eigenvalue weighted by atomic mass is 9.96. The fraction of sp³-hybridized carbons (Fsp3) is 0.333. The Labute approximate surface area is 138 Å². The summed E-state index contributed by atoms with van der Waals surface area (Å²) < 4.78 is 12.1. The van der Waals surface area contributed by atoms with Crippen LogP contribution < -0.4 is 14.8 Å². The van der Waals surface area contributed by atoms with Crippen molar-refractivity contribution in [2.45, 2.75) is 13.0 Å². The molecule has 0 spiro atoms. The average Bonchev–Trinajstić information content (AvgIpc) is 2.79. The molecule has 1 unspecified atom stereocenters. The van der Waals surface area contributed by atoms with Crippen LogP contribution in [0.5, 0.6) is 11.5 Å². The third-order valence-electron chi connectivity index (χ3n) is 3.37. The number of halogens is 2. The van der Waals surface area contributed by atoms with E-state index in [1.54, 1.807) is 14.2 Å². The maximum atomic E-state index is 6.29. The van der Waals surface area contributed by atoms with Gasteiger partial charge in [0.1, 0.15) is 0 Å². The van der Waals surface area contributed by atoms with Crippen LogP contribution in [0, 0.1) is 6.92 Å². The highest BCUT2D eigenvalue weighted by Crippen LogP contribution is 2.40. The summed E-state index contributed by atoms with van der Waals surface area (Å²) in [6, 6.07) is 5.77. The van der Waals surface area contributed by atoms with Gasteiger partial charge in [0.2, 0.25) is 0 Å². The number of ether oxygens (including phenoxy) is 2. The molecule has 114 valence electrons. The first-order valence-corrected chi connectivity index (χ1v) is 7.93. The lowest BCUT2D eigenvalue weighted by molar-refractivity contribution is 0.354. The molecule has 0 aliphatic heterocycles. The lowest BCUT2D eigenvalue weighted by Gasteiger charge is -2.20. The first-order valence-electron chi connectivity index (χ1n) is 6.36. The smallest absolute Gasteiger partial charge is 0.161 e. The molecule has 0 bridgehead atoms. The molecule has 0 saturated heterocycles. The number of aryl methyl sites for hydroxylation is 1. The summed E-state index contributed by atoms with van der Waals surface area (Å²) in [6.07, 6.45) is 0. The van der Waals surface area contributed by atoms with Crippen molar-refractivity contribution in [2.24, 2.45) is 0 Å². The Hall–Kier alpha value is -0.940. The number of rotatable bonds is 5. The van der Waals surface area contributed by atoms with Crippen LogP contribution in [0.25, 0.3) is 0 Å². The Kier molecular flexibility index (Phi) is 5.38. The van der Waals surface area contributed by atoms with E-state index in [0.717, 1.165) is 16.7 Å². The van der Waals surface area contributed by atoms with Crippen molar-refractivity contribution in [1.82, 2.24) is 5.32 Å². The van der Waals surface area contributed by atoms with Crippen molar-refractivity contribution in [3.8, 4) is 11.5 Å². The highest BCUT2D eigenvalue weighted by molar-refractivity contribution is 7.20. The van der Waals surface area contributed by atoms with Gasteiger partial charge in [-0.05, 0) is 43.3 Å². The molecular weight excluding hydrogens is 329 g/mol. The van der Waals surface area contributed by atoms with Crippen LogP contribution in [-0.2, 0) is 0 Å². The topological polar surface area (TPSA) is 30.5 Å². The summed E-state index contributed by atoms with van der Waals surface area (Å²) in [6.45, 7) is 2.03. The fourth-order valence-corrected chi connectivity index (χ4v) is 3.87. The molecule has 1 aromatic carbocycles. The second-order valence-electron chi connectivity index (χ2n) is 4.57. The minimum Gasteiger partial charge on any atom is -0.493 e. The Morgan fingerprint density at radius 3 is 2.14 bits per heavy atom. The van der Waals surface area contributed by atoms with E-state index in [-0.39, 0.29) is 6.04 Å². The zero-order chi connectivity index (χ0) is 15.6. The van der Waals surface area contributed by atoms with Gasteiger partial charge in [-0.3, -0.25) is 0 Å². The summed E-state index contributed by atoms with van der Waals surface area (Å²) in [4.78, 5) is 0. The molecule has 1 heterocycles. The van der Waals surface area contributed by atoms with E-state index in [0.29, 0.717) is 20.2 Å². The van der Waals surface area contributed by atoms with Gasteiger partial charge in [0.25, 0.3) is 0 Å². The fourth-order valence-electron chi connectivity index (χ4n) is 2.34. The van der Waals surface area contributed by atoms with Crippen molar-refractivity contribution < 1.29 is 9.47 Å². The van der Waals surface area contributed by atoms with Gasteiger partial charge < -0.3 is 14.8 Å². The molecule has 1 atom stereocenters. The molecule has 21 heavy (non-hydrogen) atoms. The normalized spacial score (nSPS) is 12.3. The largest absolute Gasteiger partial charge is 0.493 e. The van der Waals surface area contributed by atoms with E-state index in [1.807, 2.05) is 32.2 Å². The molecule has 3 nitrogen and oxygen atoms in total. The first-order chi connectivity index (χ1) is 10.0. The Balaban J connectivity index is 2.54. The molecule has 2 aromatic rings. The predicted molar refractivity (Wildman–Crippen MR) is 89.5 cm³/mol. The van der Waals surface area contributed by atoms with Crippen LogP contribution in [0.15, 0.2) is 18.2 Å². The molecule has 6 heteroatoms. The summed E-state index contributed by atoms with van der Waals surface area (Å²) in [5, 5.41) is 3.29. The number of methoxy groups -OCH3 is 2. The van der Waals surface area contributed by atoms with Crippen molar-refractivity contribution in [1.29, 1.82) is 0 Å². The standard InChI is InChI=1S/C15H17Cl2NO2S/c1-8-5-11(19-3)12(20-4)6-9(8)14(18-2)10-7-13(16)21-15(10)17/h5-7,14,18H,1-4H3. The van der Waals surface area contributed by atoms with E-state index in [9.17, 15) is 0 Å². The van der Waals surface area contributed by atoms with Crippen molar-refractivity contribution in [3.63, 3.8) is 0 Å². The van der Waals surface area contributed by atoms with Gasteiger partial charge in [0.15, 0.2) is 11.5 Å². The second-order valence-corrected chi connectivity index (χ2v) is 6.85. The number of hydrogen-bond acceptors (Lipinski definition) is 4. The van der Waals surface area contributed by atoms with E-state index in [4.69, 9.17) is 32.7 Å². The molecule has 0 fully saturated rings. The van der Waals surface area contributed by atoms with Crippen molar-refractivity contribution >= 4 is 34.5 Å². The van der Waals surface area contributed by atoms with Crippen LogP contribution >= 0.6 is 34.5 Å². The molecule has 0 aliphatic rings. The highest BCUT2D eigenvalue weighted by atomic mass is 35.5. The van der Waals surface area contributed by atoms with Crippen LogP contribution in [0.1, 0.15) is 22.7 Å². The minimum atomic E-state index is -0.0546. The number of hydrogen-bond donors (Lipinski definition) is 1. The molecule has 0 aliphatic carbocycles. The van der Waals surface area contributed by atoms with Crippen LogP contribution in [0.3, 0.4) is 0 Å². The Morgan fingerprint density at radius 1 is 1.05 bits per heavy atom. The Morgan fingerprint density at radius 2 is 1.67 bits per heavy atom. The lowest BCUT2D eigenvalue weighted by Crippen LogP contribution is -2.18. The van der Waals surface area contributed by atoms with Gasteiger partial charge in [-0.2, -0.15) is 0 Å². The number of nitrogens with one attached hydrogen (secondary N) is 1. The zero-order valence-corrected chi connectivity index (χ0v) is 14.6. The monoisotopic (exact) mass is 345 g/mol. The van der Waals surface area contributed by atoms with Gasteiger partial charge in [-0.1, -0.05) is 23.2 Å². The average molecular weight is 346 g/mol. The summed E-state index contributed by atoms with van der Waals surface area (Å²) >= 11 is 13.7. The summed E-state index contributed by atoms with van der Waals surface area (Å²) in [5.41, 5.74) is 3.13. The first kappa shape index (κ1) is 16.4. The maximum Gasteiger partial charge on any atom is 0.161 e. The van der Waals surface area contributed by atoms with Gasteiger partial charge in [0, 0.05) is 5.56 Å². The Bertz CT molecular complexity index is 643. The zero-order valence-electron chi connectivity index (χ0n) is 12.3. The van der Waals surface area contributed by atoms with Crippen molar-refractivity contribution in [2.75, 3.05) is 21.3 Å². The predicted octanol–water partition coefficient (Wildman–Crippen LogP) is 4.69. The van der Waals surface area contributed by atoms with Gasteiger partial charge in [-0.25, -0.2) is 0 Å². The highest BCUT2D eigenvalue weighted by Gasteiger charge is 2.21. The summed E-state index contributed by atoms with van der Waals surface area (Å²) in [7, 11) is 5.14. The van der Waals surface area contributed by atoms with Crippen molar-refractivity contribution in [3.05, 3.63) is 43.6 Å². The molecule has 1 aromatic heterocycles. The molecule has 0 amide bonds. The van der Waals surface area contributed by atoms with Crippen LogP contribution in [-0.4, -0.2) is 21.3 Å². The number of benzene rings is 1. The van der Waals surface area contributed by atoms with E-state index in [2.05, 4.69) is 5.32 Å². The third-order valence-corrected chi connectivity index (χ3v) is 4.88. The molecule has 0 radical (unpaired) electrons. The number of thiophene rings is 1. The quantitative estimate of drug-likeness (QED) is 0.852. The molecular formula is C15H17Cl2NO2S. The summed E-state index contributed by atoms with van der Waals surface area (Å²) in [5.74, 6) is 1.40. The van der Waals surface area contributed by atoms with Gasteiger partial charge in [0.05, 0.1) is 28.9 Å².